The first-order valence-electron chi connectivity index (χ1n) is 6.53. The van der Waals surface area contributed by atoms with Crippen molar-refractivity contribution in [1.82, 2.24) is 15.2 Å². The van der Waals surface area contributed by atoms with Gasteiger partial charge < -0.3 is 10.2 Å². The van der Waals surface area contributed by atoms with Gasteiger partial charge in [0.15, 0.2) is 0 Å². The number of hydrogen-bond acceptors (Lipinski definition) is 4. The molecule has 2 heterocycles. The Morgan fingerprint density at radius 3 is 2.95 bits per heavy atom. The molecule has 5 heteroatoms. The number of aromatic nitrogens is 1. The van der Waals surface area contributed by atoms with Crippen molar-refractivity contribution in [2.75, 3.05) is 26.7 Å². The van der Waals surface area contributed by atoms with E-state index in [9.17, 15) is 4.79 Å². The Bertz CT molecular complexity index is 486. The summed E-state index contributed by atoms with van der Waals surface area (Å²) in [7, 11) is 2.12. The largest absolute Gasteiger partial charge is 0.350 e. The molecule has 1 saturated heterocycles. The van der Waals surface area contributed by atoms with Gasteiger partial charge in [-0.3, -0.25) is 4.79 Å². The number of hydrogen-bond donors (Lipinski definition) is 1. The van der Waals surface area contributed by atoms with Gasteiger partial charge in [-0.2, -0.15) is 5.26 Å². The van der Waals surface area contributed by atoms with Gasteiger partial charge >= 0.3 is 0 Å². The lowest BCUT2D eigenvalue weighted by Gasteiger charge is -2.28. The molecule has 1 aromatic rings. The van der Waals surface area contributed by atoms with Gasteiger partial charge in [-0.05, 0) is 51.0 Å². The van der Waals surface area contributed by atoms with Crippen LogP contribution in [0.25, 0.3) is 0 Å². The number of nitrogens with one attached hydrogen (secondary N) is 1. The van der Waals surface area contributed by atoms with Gasteiger partial charge in [-0.25, -0.2) is 4.98 Å². The summed E-state index contributed by atoms with van der Waals surface area (Å²) in [5, 5.41) is 11.7. The Kier molecular flexibility index (Phi) is 4.48. The molecule has 1 aliphatic heterocycles. The average Bonchev–Trinajstić information content (AvgIpc) is 2.46. The van der Waals surface area contributed by atoms with Crippen molar-refractivity contribution < 1.29 is 4.79 Å². The van der Waals surface area contributed by atoms with Crippen molar-refractivity contribution in [3.05, 3.63) is 29.6 Å². The summed E-state index contributed by atoms with van der Waals surface area (Å²) < 4.78 is 0. The first-order valence-corrected chi connectivity index (χ1v) is 6.53. The number of likely N-dealkylation sites (tertiary alicyclic amines) is 1. The maximum Gasteiger partial charge on any atom is 0.269 e. The summed E-state index contributed by atoms with van der Waals surface area (Å²) in [5.41, 5.74) is 0.582. The Balaban J connectivity index is 1.85. The smallest absolute Gasteiger partial charge is 0.269 e. The van der Waals surface area contributed by atoms with Gasteiger partial charge in [0.1, 0.15) is 17.5 Å². The lowest BCUT2D eigenvalue weighted by Crippen LogP contribution is -2.37. The van der Waals surface area contributed by atoms with Crippen LogP contribution in [0.5, 0.6) is 0 Å². The molecule has 0 bridgehead atoms. The van der Waals surface area contributed by atoms with Crippen LogP contribution in [0.2, 0.25) is 0 Å². The van der Waals surface area contributed by atoms with E-state index in [0.29, 0.717) is 18.2 Å². The summed E-state index contributed by atoms with van der Waals surface area (Å²) in [4.78, 5) is 18.2. The van der Waals surface area contributed by atoms with Crippen LogP contribution in [0.15, 0.2) is 18.2 Å². The fraction of sp³-hybridized carbons (Fsp3) is 0.500. The Labute approximate surface area is 113 Å². The maximum absolute atomic E-state index is 11.9. The van der Waals surface area contributed by atoms with Crippen LogP contribution >= 0.6 is 0 Å². The molecule has 0 radical (unpaired) electrons. The van der Waals surface area contributed by atoms with Gasteiger partial charge in [0.2, 0.25) is 0 Å². The third-order valence-corrected chi connectivity index (χ3v) is 3.49. The Morgan fingerprint density at radius 1 is 1.53 bits per heavy atom. The second kappa shape index (κ2) is 6.30. The van der Waals surface area contributed by atoms with E-state index >= 15 is 0 Å². The van der Waals surface area contributed by atoms with Gasteiger partial charge in [0.05, 0.1) is 0 Å². The molecule has 19 heavy (non-hydrogen) atoms. The van der Waals surface area contributed by atoms with Crippen LogP contribution in [0.1, 0.15) is 29.0 Å². The van der Waals surface area contributed by atoms with Crippen LogP contribution in [0.3, 0.4) is 0 Å². The van der Waals surface area contributed by atoms with Crippen molar-refractivity contribution in [3.63, 3.8) is 0 Å². The molecule has 1 aliphatic rings. The summed E-state index contributed by atoms with van der Waals surface area (Å²) in [6.45, 7) is 2.86. The number of carbonyl (C=O) groups is 1. The third-order valence-electron chi connectivity index (χ3n) is 3.49. The molecule has 0 atom stereocenters. The predicted octanol–water partition coefficient (Wildman–Crippen LogP) is 1.02. The minimum Gasteiger partial charge on any atom is -0.350 e. The first-order chi connectivity index (χ1) is 9.19. The normalized spacial score (nSPS) is 16.8. The highest BCUT2D eigenvalue weighted by atomic mass is 16.1. The number of nitrogens with zero attached hydrogens (tertiary/aromatic N) is 3. The second-order valence-electron chi connectivity index (χ2n) is 4.98. The van der Waals surface area contributed by atoms with E-state index in [-0.39, 0.29) is 11.6 Å². The average molecular weight is 258 g/mol. The molecule has 1 N–H and O–H groups in total. The number of pyridine rings is 1. The lowest BCUT2D eigenvalue weighted by atomic mass is 9.97. The number of rotatable bonds is 3. The lowest BCUT2D eigenvalue weighted by molar-refractivity contribution is 0.0934. The molecule has 1 aromatic heterocycles. The molecule has 0 unspecified atom stereocenters. The fourth-order valence-electron chi connectivity index (χ4n) is 2.22. The summed E-state index contributed by atoms with van der Waals surface area (Å²) in [6.07, 6.45) is 2.23. The minimum atomic E-state index is -0.198. The van der Waals surface area contributed by atoms with Gasteiger partial charge in [-0.1, -0.05) is 6.07 Å². The summed E-state index contributed by atoms with van der Waals surface area (Å²) in [5.74, 6) is 0.343. The van der Waals surface area contributed by atoms with Crippen molar-refractivity contribution in [2.24, 2.45) is 5.92 Å². The molecule has 0 aliphatic carbocycles. The van der Waals surface area contributed by atoms with E-state index in [0.717, 1.165) is 25.9 Å². The standard InChI is InChI=1S/C14H18N4O/c1-18-7-5-11(6-8-18)10-16-14(19)13-4-2-3-12(9-15)17-13/h2-4,11H,5-8,10H2,1H3,(H,16,19). The van der Waals surface area contributed by atoms with Gasteiger partial charge in [-0.15, -0.1) is 0 Å². The van der Waals surface area contributed by atoms with E-state index in [1.165, 1.54) is 0 Å². The molecule has 1 amide bonds. The molecule has 0 saturated carbocycles. The number of amides is 1. The number of nitriles is 1. The van der Waals surface area contributed by atoms with Crippen molar-refractivity contribution in [3.8, 4) is 6.07 Å². The molecule has 2 rings (SSSR count). The predicted molar refractivity (Wildman–Crippen MR) is 71.5 cm³/mol. The molecular formula is C14H18N4O. The molecular weight excluding hydrogens is 240 g/mol. The zero-order valence-electron chi connectivity index (χ0n) is 11.1. The summed E-state index contributed by atoms with van der Waals surface area (Å²) >= 11 is 0. The fourth-order valence-corrected chi connectivity index (χ4v) is 2.22. The zero-order valence-corrected chi connectivity index (χ0v) is 11.1. The van der Waals surface area contributed by atoms with Crippen LogP contribution in [0, 0.1) is 17.2 Å². The first kappa shape index (κ1) is 13.5. The Hall–Kier alpha value is -1.93. The minimum absolute atomic E-state index is 0.198. The molecule has 0 aromatic carbocycles. The molecule has 0 spiro atoms. The molecule has 100 valence electrons. The van der Waals surface area contributed by atoms with E-state index in [1.807, 2.05) is 6.07 Å². The SMILES string of the molecule is CN1CCC(CNC(=O)c2cccc(C#N)n2)CC1. The van der Waals surface area contributed by atoms with Crippen molar-refractivity contribution in [2.45, 2.75) is 12.8 Å². The van der Waals surface area contributed by atoms with Gasteiger partial charge in [0.25, 0.3) is 5.91 Å². The van der Waals surface area contributed by atoms with E-state index < -0.39 is 0 Å². The van der Waals surface area contributed by atoms with Gasteiger partial charge in [0, 0.05) is 6.54 Å². The third kappa shape index (κ3) is 3.76. The topological polar surface area (TPSA) is 69.0 Å². The van der Waals surface area contributed by atoms with Crippen LogP contribution in [-0.2, 0) is 0 Å². The van der Waals surface area contributed by atoms with Crippen molar-refractivity contribution in [1.29, 1.82) is 5.26 Å². The number of carbonyl (C=O) groups excluding carboxylic acids is 1. The summed E-state index contributed by atoms with van der Waals surface area (Å²) in [6, 6.07) is 6.83. The van der Waals surface area contributed by atoms with E-state index in [2.05, 4.69) is 22.2 Å². The monoisotopic (exact) mass is 258 g/mol. The molecule has 5 nitrogen and oxygen atoms in total. The van der Waals surface area contributed by atoms with E-state index in [1.54, 1.807) is 18.2 Å². The molecule has 1 fully saturated rings. The Morgan fingerprint density at radius 2 is 2.26 bits per heavy atom. The number of piperidine rings is 1. The van der Waals surface area contributed by atoms with Crippen LogP contribution < -0.4 is 5.32 Å². The highest BCUT2D eigenvalue weighted by Crippen LogP contribution is 2.14. The van der Waals surface area contributed by atoms with E-state index in [4.69, 9.17) is 5.26 Å². The maximum atomic E-state index is 11.9. The quantitative estimate of drug-likeness (QED) is 0.879. The second-order valence-corrected chi connectivity index (χ2v) is 4.98. The highest BCUT2D eigenvalue weighted by Gasteiger charge is 2.17. The highest BCUT2D eigenvalue weighted by molar-refractivity contribution is 5.92. The van der Waals surface area contributed by atoms with Crippen LogP contribution in [0.4, 0.5) is 0 Å². The zero-order chi connectivity index (χ0) is 13.7. The van der Waals surface area contributed by atoms with Crippen LogP contribution in [-0.4, -0.2) is 42.5 Å². The van der Waals surface area contributed by atoms with Crippen molar-refractivity contribution >= 4 is 5.91 Å².